The zero-order valence-corrected chi connectivity index (χ0v) is 9.16. The van der Waals surface area contributed by atoms with Gasteiger partial charge in [0.1, 0.15) is 11.4 Å². The number of hydrogen-bond donors (Lipinski definition) is 3. The van der Waals surface area contributed by atoms with E-state index in [0.717, 1.165) is 11.8 Å². The summed E-state index contributed by atoms with van der Waals surface area (Å²) in [5.74, 6) is -4.37. The number of nitrogens with zero attached hydrogens (tertiary/aromatic N) is 2. The smallest absolute Gasteiger partial charge is 0.338 e. The molecule has 0 aliphatic rings. The second kappa shape index (κ2) is 4.40. The summed E-state index contributed by atoms with van der Waals surface area (Å²) >= 11 is 0. The summed E-state index contributed by atoms with van der Waals surface area (Å²) in [6, 6.07) is 2.49. The van der Waals surface area contributed by atoms with Gasteiger partial charge in [-0.25, -0.2) is 9.18 Å². The lowest BCUT2D eigenvalue weighted by Gasteiger charge is -2.04. The Balaban J connectivity index is 2.37. The molecule has 6 nitrogen and oxygen atoms in total. The maximum absolute atomic E-state index is 13.1. The summed E-state index contributed by atoms with van der Waals surface area (Å²) in [6.45, 7) is 1.75. The zero-order chi connectivity index (χ0) is 13.3. The van der Waals surface area contributed by atoms with Crippen molar-refractivity contribution in [2.24, 2.45) is 0 Å². The average Bonchev–Trinajstić information content (AvgIpc) is 2.68. The standard InChI is InChI=1S/C10H8F2N4O2/c1-4-2-7(16-15-4)13-6-3-5(10(17)18)8(11)9(12)14-6/h2-3H,1H3,(H,17,18)(H2,13,14,15,16). The fraction of sp³-hybridized carbons (Fsp3) is 0.100. The van der Waals surface area contributed by atoms with E-state index in [0.29, 0.717) is 5.82 Å². The number of aromatic amines is 1. The van der Waals surface area contributed by atoms with Crippen molar-refractivity contribution in [1.29, 1.82) is 0 Å². The predicted molar refractivity (Wildman–Crippen MR) is 57.7 cm³/mol. The van der Waals surface area contributed by atoms with E-state index in [1.165, 1.54) is 0 Å². The Morgan fingerprint density at radius 1 is 1.39 bits per heavy atom. The van der Waals surface area contributed by atoms with Crippen LogP contribution >= 0.6 is 0 Å². The van der Waals surface area contributed by atoms with E-state index >= 15 is 0 Å². The van der Waals surface area contributed by atoms with Crippen LogP contribution in [0.5, 0.6) is 0 Å². The van der Waals surface area contributed by atoms with Crippen molar-refractivity contribution < 1.29 is 18.7 Å². The number of H-pyrrole nitrogens is 1. The number of nitrogens with one attached hydrogen (secondary N) is 2. The lowest BCUT2D eigenvalue weighted by Crippen LogP contribution is -2.07. The van der Waals surface area contributed by atoms with Crippen molar-refractivity contribution in [3.8, 4) is 0 Å². The van der Waals surface area contributed by atoms with E-state index in [1.807, 2.05) is 0 Å². The summed E-state index contributed by atoms with van der Waals surface area (Å²) < 4.78 is 26.2. The lowest BCUT2D eigenvalue weighted by atomic mass is 10.2. The number of carboxylic acid groups (broad SMARTS) is 1. The van der Waals surface area contributed by atoms with Gasteiger partial charge in [0, 0.05) is 11.8 Å². The molecule has 0 aliphatic carbocycles. The van der Waals surface area contributed by atoms with E-state index < -0.39 is 23.3 Å². The number of aromatic carboxylic acids is 1. The third-order valence-corrected chi connectivity index (χ3v) is 2.11. The first-order chi connectivity index (χ1) is 8.47. The van der Waals surface area contributed by atoms with Gasteiger partial charge in [0.15, 0.2) is 11.6 Å². The molecule has 8 heteroatoms. The number of halogens is 2. The molecule has 0 fully saturated rings. The molecule has 94 valence electrons. The number of aryl methyl sites for hydroxylation is 1. The normalized spacial score (nSPS) is 10.4. The van der Waals surface area contributed by atoms with Crippen molar-refractivity contribution in [1.82, 2.24) is 15.2 Å². The molecule has 0 spiro atoms. The lowest BCUT2D eigenvalue weighted by molar-refractivity contribution is 0.0690. The molecule has 0 atom stereocenters. The average molecular weight is 254 g/mol. The first kappa shape index (κ1) is 12.0. The van der Waals surface area contributed by atoms with Crippen LogP contribution in [0.3, 0.4) is 0 Å². The maximum atomic E-state index is 13.1. The van der Waals surface area contributed by atoms with Gasteiger partial charge in [-0.15, -0.1) is 0 Å². The Hall–Kier alpha value is -2.51. The van der Waals surface area contributed by atoms with Crippen LogP contribution in [0, 0.1) is 18.7 Å². The van der Waals surface area contributed by atoms with Crippen LogP contribution in [0.2, 0.25) is 0 Å². The molecule has 0 bridgehead atoms. The van der Waals surface area contributed by atoms with Gasteiger partial charge in [-0.2, -0.15) is 14.5 Å². The first-order valence-electron chi connectivity index (χ1n) is 4.85. The van der Waals surface area contributed by atoms with Crippen molar-refractivity contribution in [2.45, 2.75) is 6.92 Å². The van der Waals surface area contributed by atoms with Crippen LogP contribution in [0.15, 0.2) is 12.1 Å². The Morgan fingerprint density at radius 2 is 2.11 bits per heavy atom. The van der Waals surface area contributed by atoms with Gasteiger partial charge in [-0.3, -0.25) is 5.10 Å². The van der Waals surface area contributed by atoms with Crippen molar-refractivity contribution in [3.63, 3.8) is 0 Å². The second-order valence-corrected chi connectivity index (χ2v) is 3.53. The molecule has 3 N–H and O–H groups in total. The van der Waals surface area contributed by atoms with Crippen LogP contribution in [0.1, 0.15) is 16.1 Å². The van der Waals surface area contributed by atoms with E-state index in [9.17, 15) is 13.6 Å². The van der Waals surface area contributed by atoms with Crippen LogP contribution in [0.4, 0.5) is 20.4 Å². The van der Waals surface area contributed by atoms with Gasteiger partial charge >= 0.3 is 5.97 Å². The van der Waals surface area contributed by atoms with Crippen LogP contribution in [-0.4, -0.2) is 26.3 Å². The summed E-state index contributed by atoms with van der Waals surface area (Å²) in [7, 11) is 0. The van der Waals surface area contributed by atoms with Gasteiger partial charge < -0.3 is 10.4 Å². The molecule has 0 unspecified atom stereocenters. The first-order valence-corrected chi connectivity index (χ1v) is 4.85. The molecule has 2 aromatic rings. The molecule has 0 aromatic carbocycles. The summed E-state index contributed by atoms with van der Waals surface area (Å²) in [5.41, 5.74) is -0.0456. The molecule has 2 rings (SSSR count). The van der Waals surface area contributed by atoms with Crippen molar-refractivity contribution in [3.05, 3.63) is 35.2 Å². The predicted octanol–water partition coefficient (Wildman–Crippen LogP) is 1.83. The molecular weight excluding hydrogens is 246 g/mol. The molecule has 2 heterocycles. The number of carbonyl (C=O) groups is 1. The Kier molecular flexibility index (Phi) is 2.92. The molecule has 2 aromatic heterocycles. The van der Waals surface area contributed by atoms with Gasteiger partial charge in [0.05, 0.1) is 0 Å². The highest BCUT2D eigenvalue weighted by Crippen LogP contribution is 2.18. The number of anilines is 2. The van der Waals surface area contributed by atoms with Gasteiger partial charge in [0.2, 0.25) is 0 Å². The third kappa shape index (κ3) is 2.26. The molecule has 0 amide bonds. The highest BCUT2D eigenvalue weighted by Gasteiger charge is 2.18. The summed E-state index contributed by atoms with van der Waals surface area (Å²) in [5, 5.41) is 17.7. The number of hydrogen-bond acceptors (Lipinski definition) is 4. The van der Waals surface area contributed by atoms with E-state index in [2.05, 4.69) is 20.5 Å². The van der Waals surface area contributed by atoms with Crippen molar-refractivity contribution >= 4 is 17.6 Å². The van der Waals surface area contributed by atoms with Gasteiger partial charge in [-0.05, 0) is 13.0 Å². The fourth-order valence-corrected chi connectivity index (χ4v) is 1.33. The molecule has 0 saturated heterocycles. The summed E-state index contributed by atoms with van der Waals surface area (Å²) in [4.78, 5) is 13.9. The van der Waals surface area contributed by atoms with Crippen LogP contribution in [-0.2, 0) is 0 Å². The summed E-state index contributed by atoms with van der Waals surface area (Å²) in [6.07, 6.45) is 0. The van der Waals surface area contributed by atoms with E-state index in [-0.39, 0.29) is 5.82 Å². The number of rotatable bonds is 3. The molecule has 0 radical (unpaired) electrons. The van der Waals surface area contributed by atoms with Gasteiger partial charge in [0.25, 0.3) is 5.95 Å². The molecule has 18 heavy (non-hydrogen) atoms. The fourth-order valence-electron chi connectivity index (χ4n) is 1.33. The SMILES string of the molecule is Cc1cc(Nc2cc(C(=O)O)c(F)c(F)n2)n[nH]1. The minimum absolute atomic E-state index is 0.141. The van der Waals surface area contributed by atoms with E-state index in [1.54, 1.807) is 13.0 Å². The minimum atomic E-state index is -1.57. The topological polar surface area (TPSA) is 90.9 Å². The highest BCUT2D eigenvalue weighted by atomic mass is 19.2. The largest absolute Gasteiger partial charge is 0.478 e. The Bertz CT molecular complexity index is 612. The molecular formula is C10H8F2N4O2. The molecule has 0 saturated carbocycles. The number of carboxylic acids is 1. The number of aromatic nitrogens is 3. The third-order valence-electron chi connectivity index (χ3n) is 2.11. The minimum Gasteiger partial charge on any atom is -0.478 e. The highest BCUT2D eigenvalue weighted by molar-refractivity contribution is 5.88. The number of pyridine rings is 1. The van der Waals surface area contributed by atoms with Gasteiger partial charge in [-0.1, -0.05) is 0 Å². The quantitative estimate of drug-likeness (QED) is 0.727. The van der Waals surface area contributed by atoms with Crippen molar-refractivity contribution in [2.75, 3.05) is 5.32 Å². The molecule has 0 aliphatic heterocycles. The van der Waals surface area contributed by atoms with E-state index in [4.69, 9.17) is 5.11 Å². The maximum Gasteiger partial charge on any atom is 0.338 e. The van der Waals surface area contributed by atoms with Crippen LogP contribution in [0.25, 0.3) is 0 Å². The van der Waals surface area contributed by atoms with Crippen LogP contribution < -0.4 is 5.32 Å². The zero-order valence-electron chi connectivity index (χ0n) is 9.16. The Labute approximate surface area is 99.7 Å². The monoisotopic (exact) mass is 254 g/mol. The second-order valence-electron chi connectivity index (χ2n) is 3.53. The Morgan fingerprint density at radius 3 is 2.67 bits per heavy atom.